The number of amides is 2. The second-order valence-corrected chi connectivity index (χ2v) is 6.23. The number of imide groups is 1. The van der Waals surface area contributed by atoms with Crippen LogP contribution in [0.3, 0.4) is 0 Å². The molecule has 5 heteroatoms. The molecule has 1 heterocycles. The van der Waals surface area contributed by atoms with Gasteiger partial charge in [0.1, 0.15) is 0 Å². The third kappa shape index (κ3) is 2.58. The molecule has 112 valence electrons. The first-order valence-corrected chi connectivity index (χ1v) is 7.75. The summed E-state index contributed by atoms with van der Waals surface area (Å²) in [7, 11) is 0. The van der Waals surface area contributed by atoms with Crippen molar-refractivity contribution >= 4 is 23.4 Å². The minimum Gasteiger partial charge on any atom is -0.386 e. The van der Waals surface area contributed by atoms with E-state index in [4.69, 9.17) is 11.6 Å². The number of hydrogen-bond donors (Lipinski definition) is 1. The highest BCUT2D eigenvalue weighted by molar-refractivity contribution is 6.31. The van der Waals surface area contributed by atoms with Crippen molar-refractivity contribution in [2.24, 2.45) is 11.8 Å². The van der Waals surface area contributed by atoms with Crippen molar-refractivity contribution in [2.45, 2.75) is 31.8 Å². The Labute approximate surface area is 128 Å². The van der Waals surface area contributed by atoms with Crippen LogP contribution in [0.1, 0.15) is 37.4 Å². The highest BCUT2D eigenvalue weighted by Gasteiger charge is 2.48. The van der Waals surface area contributed by atoms with Gasteiger partial charge >= 0.3 is 0 Å². The van der Waals surface area contributed by atoms with Crippen LogP contribution in [0.25, 0.3) is 0 Å². The fraction of sp³-hybridized carbons (Fsp3) is 0.500. The van der Waals surface area contributed by atoms with Gasteiger partial charge in [0.2, 0.25) is 11.8 Å². The topological polar surface area (TPSA) is 57.6 Å². The van der Waals surface area contributed by atoms with E-state index in [2.05, 4.69) is 0 Å². The minimum atomic E-state index is -0.938. The van der Waals surface area contributed by atoms with E-state index in [0.717, 1.165) is 25.7 Å². The summed E-state index contributed by atoms with van der Waals surface area (Å²) >= 11 is 6.05. The van der Waals surface area contributed by atoms with E-state index in [0.29, 0.717) is 10.6 Å². The van der Waals surface area contributed by atoms with E-state index in [1.54, 1.807) is 24.3 Å². The first-order valence-electron chi connectivity index (χ1n) is 7.37. The number of carbonyl (C=O) groups excluding carboxylic acids is 2. The number of carbonyl (C=O) groups is 2. The molecule has 0 radical (unpaired) electrons. The van der Waals surface area contributed by atoms with Crippen molar-refractivity contribution < 1.29 is 14.7 Å². The van der Waals surface area contributed by atoms with Crippen molar-refractivity contribution in [3.8, 4) is 0 Å². The SMILES string of the molecule is O=C1[C@@H]2CCCC[C@H]2C(=O)N1C[C@@H](O)c1ccccc1Cl. The van der Waals surface area contributed by atoms with Crippen LogP contribution in [-0.4, -0.2) is 28.4 Å². The van der Waals surface area contributed by atoms with Gasteiger partial charge < -0.3 is 5.11 Å². The number of aliphatic hydroxyl groups is 1. The molecular formula is C16H18ClNO3. The zero-order valence-corrected chi connectivity index (χ0v) is 12.4. The van der Waals surface area contributed by atoms with Gasteiger partial charge in [0.25, 0.3) is 0 Å². The number of fused-ring (bicyclic) bond motifs is 1. The lowest BCUT2D eigenvalue weighted by Gasteiger charge is -2.20. The fourth-order valence-electron chi connectivity index (χ4n) is 3.43. The number of benzene rings is 1. The van der Waals surface area contributed by atoms with Gasteiger partial charge in [-0.05, 0) is 18.9 Å². The summed E-state index contributed by atoms with van der Waals surface area (Å²) in [6.45, 7) is -0.00556. The third-order valence-corrected chi connectivity index (χ3v) is 4.90. The minimum absolute atomic E-state index is 0.00556. The van der Waals surface area contributed by atoms with E-state index in [1.807, 2.05) is 0 Å². The Kier molecular flexibility index (Phi) is 4.00. The van der Waals surface area contributed by atoms with Crippen molar-refractivity contribution in [1.82, 2.24) is 4.90 Å². The largest absolute Gasteiger partial charge is 0.386 e. The van der Waals surface area contributed by atoms with Crippen molar-refractivity contribution in [1.29, 1.82) is 0 Å². The molecule has 1 aromatic carbocycles. The quantitative estimate of drug-likeness (QED) is 0.873. The van der Waals surface area contributed by atoms with Crippen LogP contribution in [0.2, 0.25) is 5.02 Å². The molecule has 1 aliphatic heterocycles. The Balaban J connectivity index is 1.77. The maximum absolute atomic E-state index is 12.4. The van der Waals surface area contributed by atoms with Gasteiger partial charge in [0.15, 0.2) is 0 Å². The lowest BCUT2D eigenvalue weighted by Crippen LogP contribution is -2.35. The molecule has 0 bridgehead atoms. The van der Waals surface area contributed by atoms with Gasteiger partial charge in [-0.2, -0.15) is 0 Å². The highest BCUT2D eigenvalue weighted by Crippen LogP contribution is 2.38. The van der Waals surface area contributed by atoms with Crippen molar-refractivity contribution in [3.05, 3.63) is 34.9 Å². The molecular weight excluding hydrogens is 290 g/mol. The molecule has 1 N–H and O–H groups in total. The standard InChI is InChI=1S/C16H18ClNO3/c17-13-8-4-3-7-12(13)14(19)9-18-15(20)10-5-1-2-6-11(10)16(18)21/h3-4,7-8,10-11,14,19H,1-2,5-6,9H2/t10-,11-,14-/m1/s1. The number of rotatable bonds is 3. The van der Waals surface area contributed by atoms with Crippen LogP contribution in [0.5, 0.6) is 0 Å². The van der Waals surface area contributed by atoms with Gasteiger partial charge in [-0.3, -0.25) is 14.5 Å². The Morgan fingerprint density at radius 3 is 2.29 bits per heavy atom. The summed E-state index contributed by atoms with van der Waals surface area (Å²) in [5.41, 5.74) is 0.551. The van der Waals surface area contributed by atoms with Gasteiger partial charge in [-0.1, -0.05) is 42.6 Å². The predicted octanol–water partition coefficient (Wildman–Crippen LogP) is 2.55. The maximum atomic E-state index is 12.4. The lowest BCUT2D eigenvalue weighted by atomic mass is 9.81. The average Bonchev–Trinajstić information content (AvgIpc) is 2.73. The van der Waals surface area contributed by atoms with Crippen LogP contribution in [-0.2, 0) is 9.59 Å². The molecule has 0 unspecified atom stereocenters. The molecule has 1 aromatic rings. The van der Waals surface area contributed by atoms with Gasteiger partial charge in [0, 0.05) is 10.6 Å². The molecule has 1 saturated carbocycles. The predicted molar refractivity (Wildman–Crippen MR) is 78.6 cm³/mol. The molecule has 3 atom stereocenters. The van der Waals surface area contributed by atoms with Crippen molar-refractivity contribution in [3.63, 3.8) is 0 Å². The second kappa shape index (κ2) is 5.78. The molecule has 1 aliphatic carbocycles. The molecule has 2 aliphatic rings. The number of halogens is 1. The van der Waals surface area contributed by atoms with Crippen molar-refractivity contribution in [2.75, 3.05) is 6.54 Å². The fourth-order valence-corrected chi connectivity index (χ4v) is 3.69. The summed E-state index contributed by atoms with van der Waals surface area (Å²) < 4.78 is 0. The summed E-state index contributed by atoms with van der Waals surface area (Å²) in [6, 6.07) is 6.95. The maximum Gasteiger partial charge on any atom is 0.233 e. The molecule has 3 rings (SSSR count). The smallest absolute Gasteiger partial charge is 0.233 e. The Hall–Kier alpha value is -1.39. The average molecular weight is 308 g/mol. The molecule has 2 amide bonds. The van der Waals surface area contributed by atoms with E-state index >= 15 is 0 Å². The highest BCUT2D eigenvalue weighted by atomic mass is 35.5. The Bertz CT molecular complexity index is 550. The number of hydrogen-bond acceptors (Lipinski definition) is 3. The Morgan fingerprint density at radius 1 is 1.14 bits per heavy atom. The normalized spacial score (nSPS) is 26.9. The van der Waals surface area contributed by atoms with Gasteiger partial charge in [-0.15, -0.1) is 0 Å². The summed E-state index contributed by atoms with van der Waals surface area (Å²) in [6.07, 6.45) is 2.64. The summed E-state index contributed by atoms with van der Waals surface area (Å²) in [5, 5.41) is 10.7. The van der Waals surface area contributed by atoms with Gasteiger partial charge in [0.05, 0.1) is 24.5 Å². The number of nitrogens with zero attached hydrogens (tertiary/aromatic N) is 1. The number of aliphatic hydroxyl groups excluding tert-OH is 1. The first kappa shape index (κ1) is 14.5. The molecule has 1 saturated heterocycles. The zero-order chi connectivity index (χ0) is 15.0. The zero-order valence-electron chi connectivity index (χ0n) is 11.7. The summed E-state index contributed by atoms with van der Waals surface area (Å²) in [4.78, 5) is 26.0. The van der Waals surface area contributed by atoms with Crippen LogP contribution in [0.15, 0.2) is 24.3 Å². The van der Waals surface area contributed by atoms with Crippen LogP contribution < -0.4 is 0 Å². The van der Waals surface area contributed by atoms with E-state index < -0.39 is 6.10 Å². The molecule has 0 spiro atoms. The second-order valence-electron chi connectivity index (χ2n) is 5.82. The lowest BCUT2D eigenvalue weighted by molar-refractivity contribution is -0.141. The van der Waals surface area contributed by atoms with Gasteiger partial charge in [-0.25, -0.2) is 0 Å². The monoisotopic (exact) mass is 307 g/mol. The molecule has 0 aromatic heterocycles. The van der Waals surface area contributed by atoms with E-state index in [-0.39, 0.29) is 30.2 Å². The van der Waals surface area contributed by atoms with E-state index in [9.17, 15) is 14.7 Å². The Morgan fingerprint density at radius 2 is 1.71 bits per heavy atom. The van der Waals surface area contributed by atoms with E-state index in [1.165, 1.54) is 4.90 Å². The molecule has 4 nitrogen and oxygen atoms in total. The molecule has 21 heavy (non-hydrogen) atoms. The third-order valence-electron chi connectivity index (χ3n) is 4.55. The molecule has 2 fully saturated rings. The number of likely N-dealkylation sites (tertiary alicyclic amines) is 1. The van der Waals surface area contributed by atoms with Crippen LogP contribution in [0, 0.1) is 11.8 Å². The van der Waals surface area contributed by atoms with Crippen LogP contribution >= 0.6 is 11.6 Å². The van der Waals surface area contributed by atoms with Crippen LogP contribution in [0.4, 0.5) is 0 Å². The first-order chi connectivity index (χ1) is 10.1. The summed E-state index contributed by atoms with van der Waals surface area (Å²) in [5.74, 6) is -0.610. The number of β-amino-alcohol motifs (C(OH)–C–C–N with tert-alkyl or cyclic N) is 1.